The molecule has 1 fully saturated rings. The van der Waals surface area contributed by atoms with Crippen molar-refractivity contribution >= 4 is 28.4 Å². The second-order valence-electron chi connectivity index (χ2n) is 8.45. The van der Waals surface area contributed by atoms with Crippen LogP contribution in [0, 0.1) is 12.7 Å². The normalized spacial score (nSPS) is 15.9. The second-order valence-corrected chi connectivity index (χ2v) is 8.45. The van der Waals surface area contributed by atoms with Crippen molar-refractivity contribution in [1.82, 2.24) is 34.0 Å². The van der Waals surface area contributed by atoms with Gasteiger partial charge in [-0.15, -0.1) is 5.10 Å². The Morgan fingerprint density at radius 2 is 1.97 bits per heavy atom. The minimum absolute atomic E-state index is 0.0171. The number of aromatic nitrogens is 6. The third-order valence-electron chi connectivity index (χ3n) is 5.77. The molecule has 5 heterocycles. The number of pyridine rings is 1. The summed E-state index contributed by atoms with van der Waals surface area (Å²) in [6, 6.07) is 3.41. The van der Waals surface area contributed by atoms with E-state index in [1.807, 2.05) is 0 Å². The Morgan fingerprint density at radius 3 is 2.60 bits per heavy atom. The Hall–Kier alpha value is -3.48. The third kappa shape index (κ3) is 4.99. The molecule has 0 bridgehead atoms. The molecule has 0 unspecified atom stereocenters. The van der Waals surface area contributed by atoms with E-state index in [1.54, 1.807) is 42.6 Å². The van der Waals surface area contributed by atoms with Gasteiger partial charge in [-0.2, -0.15) is 4.98 Å². The number of nitrogens with one attached hydrogen (secondary N) is 1. The van der Waals surface area contributed by atoms with E-state index < -0.39 is 18.4 Å². The first kappa shape index (κ1) is 24.6. The van der Waals surface area contributed by atoms with Crippen LogP contribution in [0.3, 0.4) is 0 Å². The molecule has 0 saturated carbocycles. The Kier molecular flexibility index (Phi) is 6.79. The number of nitrogens with zero attached hydrogens (tertiary/aromatic N) is 7. The van der Waals surface area contributed by atoms with Gasteiger partial charge in [-0.05, 0) is 39.1 Å². The van der Waals surface area contributed by atoms with Crippen molar-refractivity contribution in [2.45, 2.75) is 32.2 Å². The number of aryl methyl sites for hydroxylation is 2. The molecule has 5 rings (SSSR count). The maximum Gasteiger partial charge on any atom is 0.260 e. The van der Waals surface area contributed by atoms with Crippen LogP contribution in [0.15, 0.2) is 18.3 Å². The van der Waals surface area contributed by atoms with E-state index in [2.05, 4.69) is 25.4 Å². The van der Waals surface area contributed by atoms with Crippen LogP contribution >= 0.6 is 0 Å². The van der Waals surface area contributed by atoms with Crippen LogP contribution in [-0.2, 0) is 6.54 Å². The van der Waals surface area contributed by atoms with E-state index in [9.17, 15) is 17.6 Å². The molecule has 3 N–H and O–H groups in total. The number of rotatable bonds is 4. The molecule has 1 saturated heterocycles. The van der Waals surface area contributed by atoms with E-state index in [0.717, 1.165) is 6.54 Å². The predicted octanol–water partition coefficient (Wildman–Crippen LogP) is 3.53. The Morgan fingerprint density at radius 1 is 1.20 bits per heavy atom. The zero-order valence-electron chi connectivity index (χ0n) is 19.7. The second kappa shape index (κ2) is 9.64. The summed E-state index contributed by atoms with van der Waals surface area (Å²) >= 11 is 0. The van der Waals surface area contributed by atoms with Crippen molar-refractivity contribution < 1.29 is 17.6 Å². The number of halogens is 4. The van der Waals surface area contributed by atoms with Crippen LogP contribution in [0.4, 0.5) is 29.3 Å². The molecule has 0 aromatic carbocycles. The lowest BCUT2D eigenvalue weighted by Crippen LogP contribution is -2.39. The highest BCUT2D eigenvalue weighted by Gasteiger charge is 2.33. The average molecular weight is 494 g/mol. The number of nitrogens with two attached hydrogens (primary N) is 1. The molecule has 0 amide bonds. The summed E-state index contributed by atoms with van der Waals surface area (Å²) in [7, 11) is 3.39. The first-order chi connectivity index (χ1) is 16.6. The summed E-state index contributed by atoms with van der Waals surface area (Å²) in [5.41, 5.74) is 7.81. The Bertz CT molecular complexity index is 1350. The van der Waals surface area contributed by atoms with Gasteiger partial charge in [0.2, 0.25) is 5.95 Å². The van der Waals surface area contributed by atoms with E-state index in [1.165, 1.54) is 10.7 Å². The van der Waals surface area contributed by atoms with Crippen LogP contribution < -0.4 is 11.1 Å². The number of nitrogen functional groups attached to an aromatic ring is 1. The molecule has 0 aliphatic carbocycles. The van der Waals surface area contributed by atoms with Gasteiger partial charge in [-0.3, -0.25) is 0 Å². The molecule has 35 heavy (non-hydrogen) atoms. The SMILES string of the molecule is CN1CCCC(F)(F)C1.CNc1nc(N)nn2cc(F)c(-c3ccc4nc(C)n(CCF)c4n3)c12. The number of likely N-dealkylation sites (tertiary alicyclic amines) is 1. The molecular formula is C22H27F4N9. The number of hydrogen-bond donors (Lipinski definition) is 2. The standard InChI is InChI=1S/C16H16F2N8.C6H11F2N/c1-8-21-11-4-3-10(22-15(11)25(8)6-5-17)12-9(18)7-26-13(12)14(20-2)23-16(19)24-26;1-9-4-2-3-6(7,8)5-9/h3-4,7H,5-6H2,1-2H3,(H3,19,20,23,24);2-5H2,1H3. The molecule has 4 aromatic rings. The smallest absolute Gasteiger partial charge is 0.260 e. The number of alkyl halides is 3. The molecule has 0 atom stereocenters. The van der Waals surface area contributed by atoms with Gasteiger partial charge in [0.1, 0.15) is 23.5 Å². The highest BCUT2D eigenvalue weighted by atomic mass is 19.3. The van der Waals surface area contributed by atoms with Gasteiger partial charge < -0.3 is 20.5 Å². The minimum atomic E-state index is -2.42. The minimum Gasteiger partial charge on any atom is -0.371 e. The van der Waals surface area contributed by atoms with E-state index in [-0.39, 0.29) is 31.0 Å². The fraction of sp³-hybridized carbons (Fsp3) is 0.455. The molecule has 1 aliphatic rings. The van der Waals surface area contributed by atoms with Crippen molar-refractivity contribution in [1.29, 1.82) is 0 Å². The molecule has 13 heteroatoms. The number of hydrogen-bond acceptors (Lipinski definition) is 7. The van der Waals surface area contributed by atoms with Gasteiger partial charge in [-0.1, -0.05) is 0 Å². The zero-order chi connectivity index (χ0) is 25.3. The lowest BCUT2D eigenvalue weighted by Gasteiger charge is -2.28. The summed E-state index contributed by atoms with van der Waals surface area (Å²) in [5.74, 6) is -1.89. The third-order valence-corrected chi connectivity index (χ3v) is 5.77. The summed E-state index contributed by atoms with van der Waals surface area (Å²) in [5, 5.41) is 6.91. The lowest BCUT2D eigenvalue weighted by molar-refractivity contribution is -0.0571. The van der Waals surface area contributed by atoms with Gasteiger partial charge in [-0.25, -0.2) is 32.0 Å². The topological polar surface area (TPSA) is 102 Å². The molecule has 9 nitrogen and oxygen atoms in total. The van der Waals surface area contributed by atoms with Gasteiger partial charge in [0.15, 0.2) is 17.3 Å². The van der Waals surface area contributed by atoms with Crippen LogP contribution in [-0.4, -0.2) is 73.8 Å². The van der Waals surface area contributed by atoms with Gasteiger partial charge >= 0.3 is 0 Å². The van der Waals surface area contributed by atoms with E-state index in [4.69, 9.17) is 5.73 Å². The quantitative estimate of drug-likeness (QED) is 0.420. The highest BCUT2D eigenvalue weighted by molar-refractivity contribution is 5.89. The molecule has 0 spiro atoms. The molecule has 1 aliphatic heterocycles. The Balaban J connectivity index is 0.000000271. The Labute approximate surface area is 199 Å². The van der Waals surface area contributed by atoms with Crippen LogP contribution in [0.2, 0.25) is 0 Å². The van der Waals surface area contributed by atoms with Crippen LogP contribution in [0.5, 0.6) is 0 Å². The maximum atomic E-state index is 14.7. The van der Waals surface area contributed by atoms with Crippen molar-refractivity contribution in [2.75, 3.05) is 44.9 Å². The maximum absolute atomic E-state index is 14.7. The first-order valence-electron chi connectivity index (χ1n) is 11.1. The fourth-order valence-corrected chi connectivity index (χ4v) is 4.26. The first-order valence-corrected chi connectivity index (χ1v) is 11.1. The molecule has 4 aromatic heterocycles. The van der Waals surface area contributed by atoms with Crippen LogP contribution in [0.25, 0.3) is 27.9 Å². The zero-order valence-corrected chi connectivity index (χ0v) is 19.7. The molecular weight excluding hydrogens is 466 g/mol. The van der Waals surface area contributed by atoms with Gasteiger partial charge in [0.05, 0.1) is 30.5 Å². The van der Waals surface area contributed by atoms with Gasteiger partial charge in [0, 0.05) is 13.5 Å². The summed E-state index contributed by atoms with van der Waals surface area (Å²) in [6.45, 7) is 2.13. The highest BCUT2D eigenvalue weighted by Crippen LogP contribution is 2.32. The fourth-order valence-electron chi connectivity index (χ4n) is 4.26. The largest absolute Gasteiger partial charge is 0.371 e. The molecule has 0 radical (unpaired) electrons. The number of anilines is 2. The van der Waals surface area contributed by atoms with E-state index >= 15 is 0 Å². The monoisotopic (exact) mass is 493 g/mol. The summed E-state index contributed by atoms with van der Waals surface area (Å²) < 4.78 is 55.4. The van der Waals surface area contributed by atoms with Gasteiger partial charge in [0.25, 0.3) is 5.92 Å². The van der Waals surface area contributed by atoms with Crippen molar-refractivity contribution in [3.63, 3.8) is 0 Å². The van der Waals surface area contributed by atoms with Crippen LogP contribution in [0.1, 0.15) is 18.7 Å². The van der Waals surface area contributed by atoms with Crippen molar-refractivity contribution in [2.24, 2.45) is 0 Å². The van der Waals surface area contributed by atoms with Crippen molar-refractivity contribution in [3.8, 4) is 11.3 Å². The van der Waals surface area contributed by atoms with E-state index in [0.29, 0.717) is 40.4 Å². The number of fused-ring (bicyclic) bond motifs is 2. The average Bonchev–Trinajstić information content (AvgIpc) is 3.28. The number of piperidine rings is 1. The molecule has 188 valence electrons. The number of imidazole rings is 1. The summed E-state index contributed by atoms with van der Waals surface area (Å²) in [6.07, 6.45) is 1.92. The predicted molar refractivity (Wildman–Crippen MR) is 126 cm³/mol. The summed E-state index contributed by atoms with van der Waals surface area (Å²) in [4.78, 5) is 14.7. The van der Waals surface area contributed by atoms with Crippen molar-refractivity contribution in [3.05, 3.63) is 30.0 Å². The lowest BCUT2D eigenvalue weighted by atomic mass is 10.1.